The first-order valence-corrected chi connectivity index (χ1v) is 12.7. The maximum absolute atomic E-state index is 5.64. The van der Waals surface area contributed by atoms with Gasteiger partial charge in [0.05, 0.1) is 0 Å². The van der Waals surface area contributed by atoms with Crippen molar-refractivity contribution in [1.82, 2.24) is 0 Å². The Bertz CT molecular complexity index is 228. The Labute approximate surface area is 109 Å². The lowest BCUT2D eigenvalue weighted by Gasteiger charge is -2.27. The summed E-state index contributed by atoms with van der Waals surface area (Å²) >= 11 is 0. The molecule has 2 nitrogen and oxygen atoms in total. The Morgan fingerprint density at radius 1 is 0.882 bits per heavy atom. The van der Waals surface area contributed by atoms with Gasteiger partial charge in [0.1, 0.15) is 0 Å². The number of hydrogen-bond acceptors (Lipinski definition) is 2. The quantitative estimate of drug-likeness (QED) is 0.669. The molecule has 17 heavy (non-hydrogen) atoms. The molecule has 0 aliphatic carbocycles. The maximum atomic E-state index is 5.64. The van der Waals surface area contributed by atoms with Crippen LogP contribution in [0, 0.1) is 0 Å². The van der Waals surface area contributed by atoms with Crippen molar-refractivity contribution in [2.24, 2.45) is 0 Å². The first-order chi connectivity index (χ1) is 7.97. The van der Waals surface area contributed by atoms with Gasteiger partial charge < -0.3 is 8.85 Å². The zero-order chi connectivity index (χ0) is 12.8. The van der Waals surface area contributed by atoms with Gasteiger partial charge in [-0.1, -0.05) is 18.5 Å². The molecule has 100 valence electrons. The highest BCUT2D eigenvalue weighted by Gasteiger charge is 2.27. The molecule has 1 atom stereocenters. The average molecular weight is 273 g/mol. The van der Waals surface area contributed by atoms with Crippen molar-refractivity contribution in [3.63, 3.8) is 0 Å². The Hall–Kier alpha value is 0.0938. The molecular formula is C13H28O2Si2. The molecule has 2 aliphatic heterocycles. The van der Waals surface area contributed by atoms with Crippen LogP contribution in [0.25, 0.3) is 0 Å². The van der Waals surface area contributed by atoms with Crippen LogP contribution in [0.2, 0.25) is 31.7 Å². The predicted octanol–water partition coefficient (Wildman–Crippen LogP) is 4.10. The Morgan fingerprint density at radius 2 is 1.47 bits per heavy atom. The van der Waals surface area contributed by atoms with Crippen molar-refractivity contribution in [1.29, 1.82) is 0 Å². The summed E-state index contributed by atoms with van der Waals surface area (Å²) in [5, 5.41) is 0. The van der Waals surface area contributed by atoms with Crippen LogP contribution < -0.4 is 0 Å². The first-order valence-electron chi connectivity index (χ1n) is 6.89. The molecule has 0 aromatic carbocycles. The highest BCUT2D eigenvalue weighted by molar-refractivity contribution is 6.77. The fourth-order valence-corrected chi connectivity index (χ4v) is 6.16. The summed E-state index contributed by atoms with van der Waals surface area (Å²) in [6, 6.07) is 2.64. The molecule has 0 radical (unpaired) electrons. The Kier molecular flexibility index (Phi) is 6.13. The lowest BCUT2D eigenvalue weighted by atomic mass is 10.4. The third-order valence-electron chi connectivity index (χ3n) is 3.60. The standard InChI is InChI=1S/C7H14OSi.C6H14OSi/c1-3-9(2)7-5-4-6-8-9;1-8(2)6-4-3-5-7-8/h3H,1,4-7H2,2H3;3-6H2,1-2H3. The summed E-state index contributed by atoms with van der Waals surface area (Å²) in [5.74, 6) is 0. The van der Waals surface area contributed by atoms with E-state index in [2.05, 4.69) is 26.2 Å². The zero-order valence-electron chi connectivity index (χ0n) is 11.8. The second kappa shape index (κ2) is 6.87. The minimum Gasteiger partial charge on any atom is -0.417 e. The van der Waals surface area contributed by atoms with Crippen LogP contribution in [-0.4, -0.2) is 29.8 Å². The van der Waals surface area contributed by atoms with E-state index in [1.807, 2.05) is 5.70 Å². The van der Waals surface area contributed by atoms with Crippen molar-refractivity contribution in [2.45, 2.75) is 57.4 Å². The van der Waals surface area contributed by atoms with Crippen LogP contribution in [0.4, 0.5) is 0 Å². The van der Waals surface area contributed by atoms with Gasteiger partial charge >= 0.3 is 0 Å². The summed E-state index contributed by atoms with van der Waals surface area (Å²) in [6.07, 6.45) is 5.28. The van der Waals surface area contributed by atoms with Crippen LogP contribution in [0.1, 0.15) is 25.7 Å². The van der Waals surface area contributed by atoms with Gasteiger partial charge in [0, 0.05) is 13.2 Å². The molecule has 2 saturated heterocycles. The van der Waals surface area contributed by atoms with E-state index in [0.29, 0.717) is 0 Å². The van der Waals surface area contributed by atoms with Crippen molar-refractivity contribution in [3.05, 3.63) is 12.3 Å². The average Bonchev–Trinajstić information content (AvgIpc) is 2.31. The van der Waals surface area contributed by atoms with E-state index in [0.717, 1.165) is 13.2 Å². The second-order valence-electron chi connectivity index (χ2n) is 5.89. The van der Waals surface area contributed by atoms with Crippen molar-refractivity contribution in [3.8, 4) is 0 Å². The highest BCUT2D eigenvalue weighted by Crippen LogP contribution is 2.21. The van der Waals surface area contributed by atoms with E-state index in [4.69, 9.17) is 8.85 Å². The van der Waals surface area contributed by atoms with E-state index < -0.39 is 16.6 Å². The van der Waals surface area contributed by atoms with E-state index in [1.165, 1.54) is 37.8 Å². The molecule has 2 aliphatic rings. The molecule has 4 heteroatoms. The fourth-order valence-electron chi connectivity index (χ4n) is 2.19. The topological polar surface area (TPSA) is 18.5 Å². The molecule has 2 rings (SSSR count). The van der Waals surface area contributed by atoms with Crippen molar-refractivity contribution in [2.75, 3.05) is 13.2 Å². The molecule has 0 aromatic rings. The third kappa shape index (κ3) is 5.99. The molecule has 0 amide bonds. The van der Waals surface area contributed by atoms with Gasteiger partial charge in [-0.15, -0.1) is 6.58 Å². The lowest BCUT2D eigenvalue weighted by Crippen LogP contribution is -2.35. The summed E-state index contributed by atoms with van der Waals surface area (Å²) in [5.41, 5.74) is 2.05. The monoisotopic (exact) mass is 272 g/mol. The smallest absolute Gasteiger partial charge is 0.213 e. The summed E-state index contributed by atoms with van der Waals surface area (Å²) in [7, 11) is -2.44. The second-order valence-corrected chi connectivity index (χ2v) is 14.0. The molecule has 0 N–H and O–H groups in total. The summed E-state index contributed by atoms with van der Waals surface area (Å²) in [6.45, 7) is 12.6. The summed E-state index contributed by atoms with van der Waals surface area (Å²) in [4.78, 5) is 0. The molecule has 0 bridgehead atoms. The van der Waals surface area contributed by atoms with Gasteiger partial charge in [0.25, 0.3) is 0 Å². The fraction of sp³-hybridized carbons (Fsp3) is 0.846. The minimum absolute atomic E-state index is 0.967. The van der Waals surface area contributed by atoms with Crippen LogP contribution in [0.15, 0.2) is 12.3 Å². The van der Waals surface area contributed by atoms with E-state index in [1.54, 1.807) is 0 Å². The normalized spacial score (nSPS) is 32.2. The maximum Gasteiger partial charge on any atom is 0.213 e. The van der Waals surface area contributed by atoms with Crippen LogP contribution in [0.5, 0.6) is 0 Å². The largest absolute Gasteiger partial charge is 0.417 e. The molecule has 0 spiro atoms. The van der Waals surface area contributed by atoms with Crippen molar-refractivity contribution < 1.29 is 8.85 Å². The number of hydrogen-bond donors (Lipinski definition) is 0. The van der Waals surface area contributed by atoms with Crippen molar-refractivity contribution >= 4 is 16.6 Å². The summed E-state index contributed by atoms with van der Waals surface area (Å²) < 4.78 is 11.2. The van der Waals surface area contributed by atoms with Gasteiger partial charge in [-0.3, -0.25) is 0 Å². The highest BCUT2D eigenvalue weighted by atomic mass is 28.4. The van der Waals surface area contributed by atoms with Crippen LogP contribution >= 0.6 is 0 Å². The van der Waals surface area contributed by atoms with Gasteiger partial charge in [-0.2, -0.15) is 0 Å². The van der Waals surface area contributed by atoms with Gasteiger partial charge in [0.15, 0.2) is 8.32 Å². The number of rotatable bonds is 1. The third-order valence-corrected chi connectivity index (χ3v) is 9.21. The van der Waals surface area contributed by atoms with Crippen LogP contribution in [-0.2, 0) is 8.85 Å². The zero-order valence-corrected chi connectivity index (χ0v) is 13.8. The molecule has 2 fully saturated rings. The van der Waals surface area contributed by atoms with Gasteiger partial charge in [0.2, 0.25) is 8.32 Å². The van der Waals surface area contributed by atoms with E-state index in [9.17, 15) is 0 Å². The van der Waals surface area contributed by atoms with E-state index in [-0.39, 0.29) is 0 Å². The predicted molar refractivity (Wildman–Crippen MR) is 79.3 cm³/mol. The van der Waals surface area contributed by atoms with Crippen LogP contribution in [0.3, 0.4) is 0 Å². The first kappa shape index (κ1) is 15.2. The molecule has 0 aromatic heterocycles. The SMILES string of the molecule is C=C[Si]1(C)CCCCO1.C[Si]1(C)CCCCO1. The van der Waals surface area contributed by atoms with E-state index >= 15 is 0 Å². The molecule has 0 saturated carbocycles. The molecule has 2 heterocycles. The molecule has 1 unspecified atom stereocenters. The molecular weight excluding hydrogens is 244 g/mol. The lowest BCUT2D eigenvalue weighted by molar-refractivity contribution is 0.275. The van der Waals surface area contributed by atoms with Gasteiger partial charge in [-0.25, -0.2) is 0 Å². The minimum atomic E-state index is -1.35. The Balaban J connectivity index is 0.000000171. The Morgan fingerprint density at radius 3 is 1.71 bits per heavy atom. The van der Waals surface area contributed by atoms with Gasteiger partial charge in [-0.05, 0) is 44.6 Å².